The predicted molar refractivity (Wildman–Crippen MR) is 114 cm³/mol. The number of nitrogens with one attached hydrogen (secondary N) is 1. The summed E-state index contributed by atoms with van der Waals surface area (Å²) in [5.41, 5.74) is 14.8. The molecule has 0 radical (unpaired) electrons. The Labute approximate surface area is 160 Å². The minimum atomic E-state index is 0.538. The van der Waals surface area contributed by atoms with Gasteiger partial charge in [-0.15, -0.1) is 0 Å². The Hall–Kier alpha value is -3.12. The maximum Gasteiger partial charge on any atom is 0.128 e. The molecule has 0 aliphatic rings. The summed E-state index contributed by atoms with van der Waals surface area (Å²) in [6, 6.07) is 12.9. The molecule has 0 heterocycles. The molecule has 6 heteroatoms. The van der Waals surface area contributed by atoms with E-state index in [1.807, 2.05) is 42.5 Å². The average molecular weight is 365 g/mol. The predicted octanol–water partition coefficient (Wildman–Crippen LogP) is 3.38. The van der Waals surface area contributed by atoms with Gasteiger partial charge in [-0.2, -0.15) is 0 Å². The van der Waals surface area contributed by atoms with Crippen LogP contribution in [0.25, 0.3) is 5.70 Å². The zero-order chi connectivity index (χ0) is 19.6. The van der Waals surface area contributed by atoms with Gasteiger partial charge >= 0.3 is 0 Å². The number of nitrogens with zero attached hydrogens (tertiary/aromatic N) is 2. The highest BCUT2D eigenvalue weighted by Crippen LogP contribution is 2.25. The minimum Gasteiger partial charge on any atom is -0.457 e. The molecule has 0 fully saturated rings. The second-order valence-electron chi connectivity index (χ2n) is 6.14. The van der Waals surface area contributed by atoms with Crippen molar-refractivity contribution >= 4 is 23.8 Å². The second-order valence-corrected chi connectivity index (χ2v) is 6.14. The molecule has 2 aromatic rings. The molecule has 6 nitrogen and oxygen atoms in total. The average Bonchev–Trinajstić information content (AvgIpc) is 2.68. The fourth-order valence-corrected chi connectivity index (χ4v) is 2.32. The first-order valence-electron chi connectivity index (χ1n) is 8.86. The lowest BCUT2D eigenvalue weighted by molar-refractivity contribution is 0.363. The third-order valence-electron chi connectivity index (χ3n) is 4.13. The third kappa shape index (κ3) is 6.27. The summed E-state index contributed by atoms with van der Waals surface area (Å²) in [6.07, 6.45) is 4.49. The van der Waals surface area contributed by atoms with Crippen LogP contribution in [0, 0.1) is 5.41 Å². The molecule has 0 aromatic heterocycles. The molecule has 0 unspecified atom stereocenters. The van der Waals surface area contributed by atoms with Crippen LogP contribution >= 0.6 is 0 Å². The Morgan fingerprint density at radius 3 is 2.56 bits per heavy atom. The molecule has 27 heavy (non-hydrogen) atoms. The van der Waals surface area contributed by atoms with Gasteiger partial charge in [-0.3, -0.25) is 4.99 Å². The lowest BCUT2D eigenvalue weighted by Gasteiger charge is -2.11. The Bertz CT molecular complexity index is 812. The van der Waals surface area contributed by atoms with Crippen LogP contribution in [0.2, 0.25) is 0 Å². The highest BCUT2D eigenvalue weighted by Gasteiger charge is 2.03. The van der Waals surface area contributed by atoms with Crippen LogP contribution in [0.3, 0.4) is 0 Å². The van der Waals surface area contributed by atoms with E-state index >= 15 is 0 Å². The van der Waals surface area contributed by atoms with Crippen molar-refractivity contribution in [3.8, 4) is 11.5 Å². The number of aliphatic imine (C=N–C) groups is 1. The number of nitrogen functional groups attached to an aromatic ring is 1. The van der Waals surface area contributed by atoms with Crippen LogP contribution in [-0.2, 0) is 0 Å². The van der Waals surface area contributed by atoms with E-state index in [1.54, 1.807) is 12.3 Å². The van der Waals surface area contributed by atoms with E-state index in [1.165, 1.54) is 0 Å². The van der Waals surface area contributed by atoms with Crippen LogP contribution in [0.4, 0.5) is 5.69 Å². The Morgan fingerprint density at radius 1 is 1.19 bits per heavy atom. The molecule has 0 atom stereocenters. The topological polar surface area (TPSA) is 101 Å². The molecule has 0 saturated carbocycles. The van der Waals surface area contributed by atoms with Gasteiger partial charge in [-0.25, -0.2) is 0 Å². The number of allylic oxidation sites excluding steroid dienone is 1. The Kier molecular flexibility index (Phi) is 7.58. The third-order valence-corrected chi connectivity index (χ3v) is 4.13. The van der Waals surface area contributed by atoms with E-state index in [4.69, 9.17) is 21.6 Å². The van der Waals surface area contributed by atoms with Gasteiger partial charge in [0.05, 0.1) is 6.54 Å². The first kappa shape index (κ1) is 20.2. The number of nitrogens with two attached hydrogens (primary N) is 2. The summed E-state index contributed by atoms with van der Waals surface area (Å²) in [7, 11) is 2.07. The second kappa shape index (κ2) is 10.1. The number of ether oxygens (including phenoxy) is 1. The van der Waals surface area contributed by atoms with Crippen molar-refractivity contribution in [3.63, 3.8) is 0 Å². The number of hydrogen-bond donors (Lipinski definition) is 3. The van der Waals surface area contributed by atoms with E-state index in [9.17, 15) is 0 Å². The van der Waals surface area contributed by atoms with Crippen molar-refractivity contribution in [3.05, 3.63) is 59.7 Å². The zero-order valence-corrected chi connectivity index (χ0v) is 15.9. The minimum absolute atomic E-state index is 0.538. The van der Waals surface area contributed by atoms with Crippen LogP contribution in [0.5, 0.6) is 11.5 Å². The molecule has 2 rings (SSSR count). The first-order valence-corrected chi connectivity index (χ1v) is 8.86. The first-order chi connectivity index (χ1) is 13.0. The lowest BCUT2D eigenvalue weighted by Crippen LogP contribution is -2.20. The molecular formula is C21H27N5O. The van der Waals surface area contributed by atoms with Gasteiger partial charge in [-0.05, 0) is 67.7 Å². The SMILES string of the molecule is CCN(C)CCN=Cc1cc(Oc2ccc(/C(N)=C/C=N)cc2)ccc1N. The molecule has 0 spiro atoms. The monoisotopic (exact) mass is 365 g/mol. The van der Waals surface area contributed by atoms with Crippen molar-refractivity contribution in [2.75, 3.05) is 32.4 Å². The summed E-state index contributed by atoms with van der Waals surface area (Å²) in [6.45, 7) is 4.75. The van der Waals surface area contributed by atoms with Crippen LogP contribution in [0.15, 0.2) is 53.5 Å². The quantitative estimate of drug-likeness (QED) is 0.468. The Balaban J connectivity index is 2.06. The van der Waals surface area contributed by atoms with Gasteiger partial charge in [-0.1, -0.05) is 6.92 Å². The normalized spacial score (nSPS) is 11.9. The van der Waals surface area contributed by atoms with Crippen molar-refractivity contribution in [2.45, 2.75) is 6.92 Å². The van der Waals surface area contributed by atoms with Gasteiger partial charge in [0.2, 0.25) is 0 Å². The van der Waals surface area contributed by atoms with Gasteiger partial charge in [0.25, 0.3) is 0 Å². The van der Waals surface area contributed by atoms with Crippen LogP contribution < -0.4 is 16.2 Å². The molecule has 0 aliphatic heterocycles. The van der Waals surface area contributed by atoms with Gasteiger partial charge < -0.3 is 26.5 Å². The van der Waals surface area contributed by atoms with Gasteiger partial charge in [0.1, 0.15) is 11.5 Å². The fourth-order valence-electron chi connectivity index (χ4n) is 2.32. The number of benzene rings is 2. The van der Waals surface area contributed by atoms with E-state index < -0.39 is 0 Å². The van der Waals surface area contributed by atoms with E-state index in [2.05, 4.69) is 23.9 Å². The number of hydrogen-bond acceptors (Lipinski definition) is 6. The molecule has 0 saturated heterocycles. The van der Waals surface area contributed by atoms with Gasteiger partial charge in [0, 0.05) is 35.9 Å². The highest BCUT2D eigenvalue weighted by atomic mass is 16.5. The van der Waals surface area contributed by atoms with Crippen molar-refractivity contribution < 1.29 is 4.74 Å². The van der Waals surface area contributed by atoms with E-state index in [-0.39, 0.29) is 0 Å². The molecule has 2 aromatic carbocycles. The molecular weight excluding hydrogens is 338 g/mol. The maximum atomic E-state index is 7.07. The Morgan fingerprint density at radius 2 is 1.89 bits per heavy atom. The number of anilines is 1. The highest BCUT2D eigenvalue weighted by molar-refractivity contribution is 5.87. The van der Waals surface area contributed by atoms with Crippen LogP contribution in [-0.4, -0.2) is 44.0 Å². The zero-order valence-electron chi connectivity index (χ0n) is 15.9. The fraction of sp³-hybridized carbons (Fsp3) is 0.238. The van der Waals surface area contributed by atoms with E-state index in [0.717, 1.165) is 37.0 Å². The maximum absolute atomic E-state index is 7.07. The molecule has 0 bridgehead atoms. The number of likely N-dealkylation sites (N-methyl/N-ethyl adjacent to an activating group) is 1. The smallest absolute Gasteiger partial charge is 0.128 e. The van der Waals surface area contributed by atoms with Crippen molar-refractivity contribution in [1.82, 2.24) is 4.90 Å². The lowest BCUT2D eigenvalue weighted by atomic mass is 10.1. The summed E-state index contributed by atoms with van der Waals surface area (Å²) in [4.78, 5) is 6.65. The van der Waals surface area contributed by atoms with E-state index in [0.29, 0.717) is 22.9 Å². The summed E-state index contributed by atoms with van der Waals surface area (Å²) in [5.74, 6) is 1.38. The van der Waals surface area contributed by atoms with Gasteiger partial charge in [0.15, 0.2) is 0 Å². The molecule has 0 aliphatic carbocycles. The van der Waals surface area contributed by atoms with Crippen molar-refractivity contribution in [2.24, 2.45) is 10.7 Å². The van der Waals surface area contributed by atoms with Crippen LogP contribution in [0.1, 0.15) is 18.1 Å². The largest absolute Gasteiger partial charge is 0.457 e. The standard InChI is InChI=1S/C21H27N5O/c1-3-26(2)13-12-25-15-17-14-19(8-9-20(17)23)27-18-6-4-16(5-7-18)21(24)10-11-22/h4-11,14-15,22H,3,12-13,23-24H2,1-2H3/b21-10-,22-11?,25-15?. The summed E-state index contributed by atoms with van der Waals surface area (Å²) < 4.78 is 5.90. The molecule has 142 valence electrons. The molecule has 5 N–H and O–H groups in total. The number of rotatable bonds is 9. The van der Waals surface area contributed by atoms with Crippen molar-refractivity contribution in [1.29, 1.82) is 5.41 Å². The molecule has 0 amide bonds. The summed E-state index contributed by atoms with van der Waals surface area (Å²) >= 11 is 0. The summed E-state index contributed by atoms with van der Waals surface area (Å²) in [5, 5.41) is 7.07.